The zero-order valence-electron chi connectivity index (χ0n) is 15.0. The van der Waals surface area contributed by atoms with E-state index in [1.54, 1.807) is 25.4 Å². The molecule has 1 fully saturated rings. The van der Waals surface area contributed by atoms with Crippen molar-refractivity contribution in [2.45, 2.75) is 32.0 Å². The molecule has 2 aromatic rings. The molecule has 9 nitrogen and oxygen atoms in total. The topological polar surface area (TPSA) is 121 Å². The van der Waals surface area contributed by atoms with Gasteiger partial charge in [-0.1, -0.05) is 10.3 Å². The zero-order valence-corrected chi connectivity index (χ0v) is 15.0. The van der Waals surface area contributed by atoms with Crippen LogP contribution in [0.15, 0.2) is 23.0 Å². The molecular formula is C16H18F3N5O4. The minimum Gasteiger partial charge on any atom is -0.475 e. The monoisotopic (exact) mass is 401 g/mol. The molecule has 1 atom stereocenters. The molecule has 1 aliphatic rings. The van der Waals surface area contributed by atoms with Crippen molar-refractivity contribution in [3.05, 3.63) is 35.3 Å². The Morgan fingerprint density at radius 2 is 2.04 bits per heavy atom. The molecule has 3 rings (SSSR count). The van der Waals surface area contributed by atoms with Gasteiger partial charge in [0, 0.05) is 25.4 Å². The number of likely N-dealkylation sites (tertiary alicyclic amines) is 1. The van der Waals surface area contributed by atoms with E-state index in [0.29, 0.717) is 17.9 Å². The standard InChI is InChI=1S/C14H17N5O2.C2HF3O2/c1-9-13(18-21-17-9)11-4-3-7-19(11)14(20)10-5-6-16-12(8-10)15-2;3-2(4,5)1(6)7/h5-6,8,11H,3-4,7H2,1-2H3,(H,15,16);(H,6,7). The smallest absolute Gasteiger partial charge is 0.475 e. The summed E-state index contributed by atoms with van der Waals surface area (Å²) in [5, 5.41) is 17.8. The van der Waals surface area contributed by atoms with E-state index in [9.17, 15) is 18.0 Å². The van der Waals surface area contributed by atoms with Crippen molar-refractivity contribution in [2.24, 2.45) is 0 Å². The molecule has 1 unspecified atom stereocenters. The minimum atomic E-state index is -5.08. The number of carboxylic acids is 1. The van der Waals surface area contributed by atoms with Crippen LogP contribution in [0.4, 0.5) is 19.0 Å². The van der Waals surface area contributed by atoms with E-state index in [0.717, 1.165) is 24.2 Å². The summed E-state index contributed by atoms with van der Waals surface area (Å²) in [5.41, 5.74) is 2.12. The highest BCUT2D eigenvalue weighted by molar-refractivity contribution is 5.95. The Morgan fingerprint density at radius 3 is 2.57 bits per heavy atom. The highest BCUT2D eigenvalue weighted by Gasteiger charge is 2.38. The second-order valence-electron chi connectivity index (χ2n) is 5.87. The van der Waals surface area contributed by atoms with Crippen molar-refractivity contribution in [1.82, 2.24) is 20.2 Å². The maximum atomic E-state index is 12.7. The first-order valence-corrected chi connectivity index (χ1v) is 8.19. The molecule has 2 aromatic heterocycles. The van der Waals surface area contributed by atoms with Gasteiger partial charge in [-0.25, -0.2) is 14.4 Å². The van der Waals surface area contributed by atoms with Crippen LogP contribution in [-0.2, 0) is 4.79 Å². The molecule has 2 N–H and O–H groups in total. The van der Waals surface area contributed by atoms with Crippen molar-refractivity contribution in [3.63, 3.8) is 0 Å². The van der Waals surface area contributed by atoms with Gasteiger partial charge in [-0.3, -0.25) is 4.79 Å². The largest absolute Gasteiger partial charge is 0.490 e. The van der Waals surface area contributed by atoms with E-state index in [4.69, 9.17) is 14.5 Å². The number of carboxylic acid groups (broad SMARTS) is 1. The second kappa shape index (κ2) is 8.67. The molecule has 0 saturated carbocycles. The highest BCUT2D eigenvalue weighted by atomic mass is 19.4. The fourth-order valence-corrected chi connectivity index (χ4v) is 2.70. The van der Waals surface area contributed by atoms with Crippen LogP contribution in [-0.4, -0.2) is 56.9 Å². The zero-order chi connectivity index (χ0) is 20.9. The van der Waals surface area contributed by atoms with Gasteiger partial charge in [0.25, 0.3) is 5.91 Å². The number of aryl methyl sites for hydroxylation is 1. The number of carbonyl (C=O) groups is 2. The maximum absolute atomic E-state index is 12.7. The summed E-state index contributed by atoms with van der Waals surface area (Å²) in [6, 6.07) is 3.42. The van der Waals surface area contributed by atoms with Gasteiger partial charge in [0.1, 0.15) is 17.2 Å². The van der Waals surface area contributed by atoms with Gasteiger partial charge in [-0.05, 0) is 31.9 Å². The summed E-state index contributed by atoms with van der Waals surface area (Å²) in [6.45, 7) is 2.56. The Labute approximate surface area is 157 Å². The van der Waals surface area contributed by atoms with Crippen molar-refractivity contribution >= 4 is 17.7 Å². The van der Waals surface area contributed by atoms with Gasteiger partial charge in [0.2, 0.25) is 0 Å². The first-order chi connectivity index (χ1) is 13.1. The van der Waals surface area contributed by atoms with E-state index >= 15 is 0 Å². The Morgan fingerprint density at radius 1 is 1.36 bits per heavy atom. The number of nitrogens with zero attached hydrogens (tertiary/aromatic N) is 4. The van der Waals surface area contributed by atoms with Gasteiger partial charge in [0.15, 0.2) is 0 Å². The van der Waals surface area contributed by atoms with Gasteiger partial charge < -0.3 is 15.3 Å². The third kappa shape index (κ3) is 4.96. The lowest BCUT2D eigenvalue weighted by atomic mass is 10.1. The number of rotatable bonds is 3. The normalized spacial score (nSPS) is 16.3. The molecule has 1 amide bonds. The number of amides is 1. The summed E-state index contributed by atoms with van der Waals surface area (Å²) in [4.78, 5) is 27.6. The van der Waals surface area contributed by atoms with E-state index in [2.05, 4.69) is 20.6 Å². The number of alkyl halides is 3. The van der Waals surface area contributed by atoms with Gasteiger partial charge >= 0.3 is 12.1 Å². The molecule has 0 spiro atoms. The number of halogens is 3. The number of hydrogen-bond acceptors (Lipinski definition) is 7. The molecule has 0 bridgehead atoms. The summed E-state index contributed by atoms with van der Waals surface area (Å²) in [5.74, 6) is -2.10. The molecule has 1 aliphatic heterocycles. The molecule has 0 aromatic carbocycles. The van der Waals surface area contributed by atoms with Crippen molar-refractivity contribution in [2.75, 3.05) is 18.9 Å². The van der Waals surface area contributed by atoms with Crippen molar-refractivity contribution in [3.8, 4) is 0 Å². The first-order valence-electron chi connectivity index (χ1n) is 8.19. The Balaban J connectivity index is 0.000000345. The molecular weight excluding hydrogens is 383 g/mol. The van der Waals surface area contributed by atoms with Gasteiger partial charge in [-0.15, -0.1) is 0 Å². The Kier molecular flexibility index (Phi) is 6.54. The van der Waals surface area contributed by atoms with Crippen LogP contribution >= 0.6 is 0 Å². The average Bonchev–Trinajstić information content (AvgIpc) is 3.29. The number of hydrogen-bond donors (Lipinski definition) is 2. The van der Waals surface area contributed by atoms with Gasteiger partial charge in [0.05, 0.1) is 6.04 Å². The number of aliphatic carboxylic acids is 1. The molecule has 152 valence electrons. The van der Waals surface area contributed by atoms with Crippen LogP contribution < -0.4 is 5.32 Å². The lowest BCUT2D eigenvalue weighted by molar-refractivity contribution is -0.192. The van der Waals surface area contributed by atoms with Gasteiger partial charge in [-0.2, -0.15) is 13.2 Å². The lowest BCUT2D eigenvalue weighted by Crippen LogP contribution is -2.31. The number of anilines is 1. The Bertz CT molecular complexity index is 840. The predicted octanol–water partition coefficient (Wildman–Crippen LogP) is 2.43. The predicted molar refractivity (Wildman–Crippen MR) is 89.5 cm³/mol. The number of carbonyl (C=O) groups excluding carboxylic acids is 1. The number of aromatic nitrogens is 3. The fourth-order valence-electron chi connectivity index (χ4n) is 2.70. The Hall–Kier alpha value is -3.18. The van der Waals surface area contributed by atoms with Crippen LogP contribution in [0, 0.1) is 6.92 Å². The number of pyridine rings is 1. The van der Waals surface area contributed by atoms with Crippen LogP contribution in [0.1, 0.15) is 40.6 Å². The summed E-state index contributed by atoms with van der Waals surface area (Å²) < 4.78 is 36.5. The first kappa shape index (κ1) is 21.1. The number of nitrogens with one attached hydrogen (secondary N) is 1. The highest BCUT2D eigenvalue weighted by Crippen LogP contribution is 2.33. The van der Waals surface area contributed by atoms with Crippen LogP contribution in [0.3, 0.4) is 0 Å². The lowest BCUT2D eigenvalue weighted by Gasteiger charge is -2.23. The molecule has 1 saturated heterocycles. The van der Waals surface area contributed by atoms with Crippen LogP contribution in [0.2, 0.25) is 0 Å². The quantitative estimate of drug-likeness (QED) is 0.804. The second-order valence-corrected chi connectivity index (χ2v) is 5.87. The SMILES string of the molecule is CNc1cc(C(=O)N2CCCC2c2nonc2C)ccn1.O=C(O)C(F)(F)F. The van der Waals surface area contributed by atoms with E-state index in [1.165, 1.54) is 0 Å². The summed E-state index contributed by atoms with van der Waals surface area (Å²) in [7, 11) is 1.78. The summed E-state index contributed by atoms with van der Waals surface area (Å²) >= 11 is 0. The molecule has 28 heavy (non-hydrogen) atoms. The van der Waals surface area contributed by atoms with Crippen molar-refractivity contribution < 1.29 is 32.5 Å². The average molecular weight is 401 g/mol. The fraction of sp³-hybridized carbons (Fsp3) is 0.438. The molecule has 3 heterocycles. The third-order valence-corrected chi connectivity index (χ3v) is 4.02. The molecule has 0 radical (unpaired) electrons. The minimum absolute atomic E-state index is 0.0150. The maximum Gasteiger partial charge on any atom is 0.490 e. The molecule has 12 heteroatoms. The van der Waals surface area contributed by atoms with E-state index in [1.807, 2.05) is 11.8 Å². The van der Waals surface area contributed by atoms with Crippen LogP contribution in [0.25, 0.3) is 0 Å². The van der Waals surface area contributed by atoms with Crippen LogP contribution in [0.5, 0.6) is 0 Å². The molecule has 0 aliphatic carbocycles. The third-order valence-electron chi connectivity index (χ3n) is 4.02. The van der Waals surface area contributed by atoms with E-state index < -0.39 is 12.1 Å². The van der Waals surface area contributed by atoms with Crippen molar-refractivity contribution in [1.29, 1.82) is 0 Å². The summed E-state index contributed by atoms with van der Waals surface area (Å²) in [6.07, 6.45) is -1.62. The van der Waals surface area contributed by atoms with E-state index in [-0.39, 0.29) is 11.9 Å².